The molecule has 2 aromatic carbocycles. The topological polar surface area (TPSA) is 66.5 Å². The summed E-state index contributed by atoms with van der Waals surface area (Å²) in [5.74, 6) is 0.365. The Balaban J connectivity index is 2.11. The Morgan fingerprint density at radius 3 is 2.30 bits per heavy atom. The van der Waals surface area contributed by atoms with Crippen LogP contribution in [0, 0.1) is 12.8 Å². The van der Waals surface area contributed by atoms with Crippen molar-refractivity contribution >= 4 is 21.6 Å². The fourth-order valence-electron chi connectivity index (χ4n) is 3.40. The molecule has 1 N–H and O–H groups in total. The Labute approximate surface area is 181 Å². The van der Waals surface area contributed by atoms with E-state index >= 15 is 0 Å². The molecule has 0 aliphatic heterocycles. The van der Waals surface area contributed by atoms with Gasteiger partial charge < -0.3 is 5.32 Å². The van der Waals surface area contributed by atoms with E-state index < -0.39 is 10.0 Å². The van der Waals surface area contributed by atoms with Gasteiger partial charge in [0.05, 0.1) is 18.5 Å². The maximum absolute atomic E-state index is 12.5. The second-order valence-electron chi connectivity index (χ2n) is 7.87. The molecule has 0 aliphatic carbocycles. The number of carbonyl (C=O) groups excluding carboxylic acids is 1. The predicted molar refractivity (Wildman–Crippen MR) is 124 cm³/mol. The third-order valence-electron chi connectivity index (χ3n) is 5.49. The molecule has 2 rings (SSSR count). The maximum atomic E-state index is 12.5. The van der Waals surface area contributed by atoms with Crippen molar-refractivity contribution in [2.75, 3.05) is 17.1 Å². The van der Waals surface area contributed by atoms with Gasteiger partial charge >= 0.3 is 0 Å². The summed E-state index contributed by atoms with van der Waals surface area (Å²) in [7, 11) is -3.47. The Morgan fingerprint density at radius 1 is 1.07 bits per heavy atom. The smallest absolute Gasteiger partial charge is 0.251 e. The van der Waals surface area contributed by atoms with E-state index in [2.05, 4.69) is 19.2 Å². The maximum Gasteiger partial charge on any atom is 0.251 e. The van der Waals surface area contributed by atoms with Gasteiger partial charge in [0.1, 0.15) is 0 Å². The molecule has 164 valence electrons. The van der Waals surface area contributed by atoms with Crippen molar-refractivity contribution in [1.82, 2.24) is 5.32 Å². The summed E-state index contributed by atoms with van der Waals surface area (Å²) in [4.78, 5) is 12.5. The van der Waals surface area contributed by atoms with Crippen molar-refractivity contribution in [2.24, 2.45) is 5.92 Å². The highest BCUT2D eigenvalue weighted by Gasteiger charge is 2.19. The van der Waals surface area contributed by atoms with Crippen molar-refractivity contribution in [1.29, 1.82) is 0 Å². The van der Waals surface area contributed by atoms with Gasteiger partial charge in [-0.3, -0.25) is 9.10 Å². The molecule has 1 amide bonds. The number of hydrogen-bond acceptors (Lipinski definition) is 3. The number of unbranched alkanes of at least 4 members (excludes halogenated alkanes) is 1. The van der Waals surface area contributed by atoms with Crippen LogP contribution in [0.4, 0.5) is 5.69 Å². The number of aryl methyl sites for hydroxylation is 1. The van der Waals surface area contributed by atoms with Gasteiger partial charge in [-0.1, -0.05) is 57.4 Å². The summed E-state index contributed by atoms with van der Waals surface area (Å²) in [5, 5.41) is 3.01. The van der Waals surface area contributed by atoms with Gasteiger partial charge in [0.25, 0.3) is 5.91 Å². The Bertz CT molecular complexity index is 924. The minimum atomic E-state index is -3.47. The Kier molecular flexibility index (Phi) is 8.90. The third-order valence-corrected chi connectivity index (χ3v) is 6.63. The van der Waals surface area contributed by atoms with Crippen molar-refractivity contribution in [3.8, 4) is 0 Å². The van der Waals surface area contributed by atoms with Gasteiger partial charge in [-0.05, 0) is 54.7 Å². The van der Waals surface area contributed by atoms with Crippen LogP contribution in [-0.2, 0) is 16.6 Å². The first-order chi connectivity index (χ1) is 14.3. The van der Waals surface area contributed by atoms with E-state index in [1.165, 1.54) is 17.0 Å². The molecule has 0 heterocycles. The number of hydrogen-bond donors (Lipinski definition) is 1. The highest BCUT2D eigenvalue weighted by molar-refractivity contribution is 7.92. The Hall–Kier alpha value is -2.34. The monoisotopic (exact) mass is 430 g/mol. The van der Waals surface area contributed by atoms with Crippen LogP contribution in [0.2, 0.25) is 0 Å². The fourth-order valence-corrected chi connectivity index (χ4v) is 4.28. The van der Waals surface area contributed by atoms with Crippen LogP contribution >= 0.6 is 0 Å². The molecule has 0 bridgehead atoms. The van der Waals surface area contributed by atoms with E-state index in [0.29, 0.717) is 23.7 Å². The zero-order chi connectivity index (χ0) is 22.1. The molecule has 6 heteroatoms. The van der Waals surface area contributed by atoms with Crippen molar-refractivity contribution in [3.63, 3.8) is 0 Å². The zero-order valence-electron chi connectivity index (χ0n) is 18.5. The van der Waals surface area contributed by atoms with Gasteiger partial charge in [-0.25, -0.2) is 8.42 Å². The van der Waals surface area contributed by atoms with E-state index in [9.17, 15) is 13.2 Å². The minimum absolute atomic E-state index is 0.124. The molecule has 5 nitrogen and oxygen atoms in total. The normalized spacial score (nSPS) is 12.4. The average molecular weight is 431 g/mol. The minimum Gasteiger partial charge on any atom is -0.352 e. The molecule has 0 saturated carbocycles. The predicted octanol–water partition coefficient (Wildman–Crippen LogP) is 4.91. The van der Waals surface area contributed by atoms with E-state index in [1.54, 1.807) is 24.3 Å². The van der Waals surface area contributed by atoms with Gasteiger partial charge in [0.2, 0.25) is 10.0 Å². The van der Waals surface area contributed by atoms with Crippen LogP contribution in [0.25, 0.3) is 0 Å². The van der Waals surface area contributed by atoms with Crippen molar-refractivity contribution in [3.05, 3.63) is 65.2 Å². The molecular formula is C24H34N2O3S. The number of anilines is 1. The number of nitrogens with zero attached hydrogens (tertiary/aromatic N) is 1. The third kappa shape index (κ3) is 6.87. The van der Waals surface area contributed by atoms with E-state index in [0.717, 1.165) is 30.4 Å². The number of sulfonamides is 1. The van der Waals surface area contributed by atoms with Crippen molar-refractivity contribution in [2.45, 2.75) is 53.0 Å². The number of rotatable bonds is 11. The summed E-state index contributed by atoms with van der Waals surface area (Å²) in [5.41, 5.74) is 3.07. The standard InChI is InChI=1S/C24H34N2O3S/c1-5-7-11-20(6-2)17-25-24(27)21-13-15-23(16-14-21)26(30(4,28)29)18-22-12-9-8-10-19(22)3/h8-10,12-16,20H,5-7,11,17-18H2,1-4H3,(H,25,27)/t20-/m0/s1. The zero-order valence-corrected chi connectivity index (χ0v) is 19.3. The molecule has 0 unspecified atom stereocenters. The number of nitrogens with one attached hydrogen (secondary N) is 1. The summed E-state index contributed by atoms with van der Waals surface area (Å²) in [6.07, 6.45) is 5.69. The molecular weight excluding hydrogens is 396 g/mol. The first-order valence-electron chi connectivity index (χ1n) is 10.7. The van der Waals surface area contributed by atoms with E-state index in [-0.39, 0.29) is 12.5 Å². The molecule has 0 radical (unpaired) electrons. The summed E-state index contributed by atoms with van der Waals surface area (Å²) in [6.45, 7) is 7.21. The molecule has 0 fully saturated rings. The second kappa shape index (κ2) is 11.2. The van der Waals surface area contributed by atoms with Gasteiger partial charge in [-0.2, -0.15) is 0 Å². The molecule has 1 atom stereocenters. The lowest BCUT2D eigenvalue weighted by Gasteiger charge is -2.23. The first-order valence-corrected chi connectivity index (χ1v) is 12.5. The quantitative estimate of drug-likeness (QED) is 0.551. The van der Waals surface area contributed by atoms with Crippen molar-refractivity contribution < 1.29 is 13.2 Å². The average Bonchev–Trinajstić information content (AvgIpc) is 2.72. The number of amides is 1. The number of carbonyl (C=O) groups is 1. The highest BCUT2D eigenvalue weighted by Crippen LogP contribution is 2.22. The summed E-state index contributed by atoms with van der Waals surface area (Å²) >= 11 is 0. The number of benzene rings is 2. The molecule has 0 aromatic heterocycles. The molecule has 2 aromatic rings. The summed E-state index contributed by atoms with van der Waals surface area (Å²) in [6, 6.07) is 14.5. The molecule has 0 spiro atoms. The SMILES string of the molecule is CCCC[C@H](CC)CNC(=O)c1ccc(N(Cc2ccccc2C)S(C)(=O)=O)cc1. The lowest BCUT2D eigenvalue weighted by molar-refractivity contribution is 0.0946. The van der Waals surface area contributed by atoms with Crippen LogP contribution in [0.5, 0.6) is 0 Å². The van der Waals surface area contributed by atoms with E-state index in [4.69, 9.17) is 0 Å². The van der Waals surface area contributed by atoms with Gasteiger partial charge in [-0.15, -0.1) is 0 Å². The lowest BCUT2D eigenvalue weighted by Crippen LogP contribution is -2.30. The summed E-state index contributed by atoms with van der Waals surface area (Å²) < 4.78 is 26.2. The second-order valence-corrected chi connectivity index (χ2v) is 9.78. The lowest BCUT2D eigenvalue weighted by atomic mass is 9.99. The first kappa shape index (κ1) is 23.9. The largest absolute Gasteiger partial charge is 0.352 e. The highest BCUT2D eigenvalue weighted by atomic mass is 32.2. The molecule has 0 aliphatic rings. The van der Waals surface area contributed by atoms with Gasteiger partial charge in [0.15, 0.2) is 0 Å². The fraction of sp³-hybridized carbons (Fsp3) is 0.458. The molecule has 30 heavy (non-hydrogen) atoms. The van der Waals surface area contributed by atoms with Crippen LogP contribution in [-0.4, -0.2) is 27.1 Å². The molecule has 0 saturated heterocycles. The van der Waals surface area contributed by atoms with Crippen LogP contribution in [0.3, 0.4) is 0 Å². The van der Waals surface area contributed by atoms with Crippen LogP contribution < -0.4 is 9.62 Å². The Morgan fingerprint density at radius 2 is 1.73 bits per heavy atom. The van der Waals surface area contributed by atoms with Gasteiger partial charge in [0, 0.05) is 12.1 Å². The van der Waals surface area contributed by atoms with Crippen LogP contribution in [0.15, 0.2) is 48.5 Å². The van der Waals surface area contributed by atoms with Crippen LogP contribution in [0.1, 0.15) is 61.0 Å². The van der Waals surface area contributed by atoms with E-state index in [1.807, 2.05) is 31.2 Å².